The highest BCUT2D eigenvalue weighted by atomic mass is 32.1. The number of carbonyl (C=O) groups is 1. The van der Waals surface area contributed by atoms with Crippen LogP contribution >= 0.6 is 11.3 Å². The van der Waals surface area contributed by atoms with Crippen LogP contribution in [0.2, 0.25) is 0 Å². The number of hydrogen-bond donors (Lipinski definition) is 1. The summed E-state index contributed by atoms with van der Waals surface area (Å²) in [7, 11) is 0. The molecule has 2 rings (SSSR count). The molecule has 7 heteroatoms. The average molecular weight is 231 g/mol. The number of nitriles is 1. The largest absolute Gasteiger partial charge is 0.295 e. The van der Waals surface area contributed by atoms with Crippen molar-refractivity contribution in [1.82, 2.24) is 15.2 Å². The molecule has 2 aromatic heterocycles. The molecule has 1 amide bonds. The van der Waals surface area contributed by atoms with Gasteiger partial charge in [-0.2, -0.15) is 5.26 Å². The minimum absolute atomic E-state index is 0.231. The highest BCUT2D eigenvalue weighted by Crippen LogP contribution is 2.09. The summed E-state index contributed by atoms with van der Waals surface area (Å²) in [5.41, 5.74) is 2.16. The van der Waals surface area contributed by atoms with Gasteiger partial charge in [-0.1, -0.05) is 11.3 Å². The zero-order chi connectivity index (χ0) is 11.4. The molecule has 0 spiro atoms. The molecule has 0 fully saturated rings. The lowest BCUT2D eigenvalue weighted by atomic mass is 10.2. The van der Waals surface area contributed by atoms with Crippen molar-refractivity contribution in [3.8, 4) is 6.07 Å². The van der Waals surface area contributed by atoms with E-state index in [4.69, 9.17) is 5.26 Å². The van der Waals surface area contributed by atoms with E-state index >= 15 is 0 Å². The molecule has 0 bridgehead atoms. The summed E-state index contributed by atoms with van der Waals surface area (Å²) in [6.45, 7) is 0. The Morgan fingerprint density at radius 2 is 2.38 bits per heavy atom. The topological polar surface area (TPSA) is 91.6 Å². The molecule has 0 atom stereocenters. The molecule has 0 aliphatic rings. The van der Waals surface area contributed by atoms with Gasteiger partial charge in [0.1, 0.15) is 17.3 Å². The predicted molar refractivity (Wildman–Crippen MR) is 56.8 cm³/mol. The lowest BCUT2D eigenvalue weighted by molar-refractivity contribution is 0.102. The van der Waals surface area contributed by atoms with Crippen LogP contribution in [0.15, 0.2) is 23.8 Å². The van der Waals surface area contributed by atoms with Crippen molar-refractivity contribution in [3.63, 3.8) is 0 Å². The number of hydrogen-bond acceptors (Lipinski definition) is 6. The van der Waals surface area contributed by atoms with Gasteiger partial charge in [0.05, 0.1) is 5.56 Å². The first-order chi connectivity index (χ1) is 7.79. The molecule has 2 heterocycles. The number of aromatic nitrogens is 3. The molecule has 1 N–H and O–H groups in total. The normalized spacial score (nSPS) is 9.44. The van der Waals surface area contributed by atoms with E-state index in [9.17, 15) is 4.79 Å². The maximum atomic E-state index is 11.6. The predicted octanol–water partition coefficient (Wildman–Crippen LogP) is 1.06. The molecule has 0 saturated heterocycles. The summed E-state index contributed by atoms with van der Waals surface area (Å²) in [5, 5.41) is 18.8. The third-order valence-electron chi connectivity index (χ3n) is 1.71. The molecular formula is C9H5N5OS. The van der Waals surface area contributed by atoms with Gasteiger partial charge in [0.2, 0.25) is 5.13 Å². The average Bonchev–Trinajstić information content (AvgIpc) is 2.82. The first-order valence-electron chi connectivity index (χ1n) is 4.23. The summed E-state index contributed by atoms with van der Waals surface area (Å²) >= 11 is 1.22. The monoisotopic (exact) mass is 231 g/mol. The van der Waals surface area contributed by atoms with Crippen LogP contribution in [0.5, 0.6) is 0 Å². The molecule has 0 aromatic carbocycles. The van der Waals surface area contributed by atoms with Crippen molar-refractivity contribution in [2.45, 2.75) is 0 Å². The van der Waals surface area contributed by atoms with E-state index in [1.165, 1.54) is 35.2 Å². The van der Waals surface area contributed by atoms with Gasteiger partial charge >= 0.3 is 0 Å². The van der Waals surface area contributed by atoms with Crippen LogP contribution in [0.1, 0.15) is 16.1 Å². The number of nitrogens with one attached hydrogen (secondary N) is 1. The minimum atomic E-state index is -0.374. The van der Waals surface area contributed by atoms with Crippen LogP contribution in [-0.4, -0.2) is 21.1 Å². The Morgan fingerprint density at radius 3 is 2.94 bits per heavy atom. The Labute approximate surface area is 94.6 Å². The Bertz CT molecular complexity index is 528. The molecule has 2 aromatic rings. The smallest absolute Gasteiger partial charge is 0.276 e. The summed E-state index contributed by atoms with van der Waals surface area (Å²) in [6.07, 6.45) is 1.34. The fourth-order valence-corrected chi connectivity index (χ4v) is 1.42. The molecule has 6 nitrogen and oxygen atoms in total. The molecule has 0 aliphatic heterocycles. The van der Waals surface area contributed by atoms with Crippen LogP contribution in [0, 0.1) is 11.3 Å². The van der Waals surface area contributed by atoms with Gasteiger partial charge in [0.25, 0.3) is 5.91 Å². The summed E-state index contributed by atoms with van der Waals surface area (Å²) in [6, 6.07) is 4.94. The van der Waals surface area contributed by atoms with Gasteiger partial charge in [0.15, 0.2) is 0 Å². The summed E-state index contributed by atoms with van der Waals surface area (Å²) < 4.78 is 0. The number of carbonyl (C=O) groups excluding carboxylic acids is 1. The van der Waals surface area contributed by atoms with Gasteiger partial charge in [-0.25, -0.2) is 4.98 Å². The highest BCUT2D eigenvalue weighted by Gasteiger charge is 2.08. The Morgan fingerprint density at radius 1 is 1.50 bits per heavy atom. The number of nitrogens with zero attached hydrogens (tertiary/aromatic N) is 4. The van der Waals surface area contributed by atoms with Gasteiger partial charge in [0, 0.05) is 6.20 Å². The van der Waals surface area contributed by atoms with Crippen LogP contribution in [-0.2, 0) is 0 Å². The third-order valence-corrected chi connectivity index (χ3v) is 2.31. The quantitative estimate of drug-likeness (QED) is 0.834. The van der Waals surface area contributed by atoms with Gasteiger partial charge in [-0.15, -0.1) is 10.2 Å². The third kappa shape index (κ3) is 2.18. The summed E-state index contributed by atoms with van der Waals surface area (Å²) in [4.78, 5) is 15.4. The number of anilines is 1. The van der Waals surface area contributed by atoms with Crippen molar-refractivity contribution in [1.29, 1.82) is 5.26 Å². The molecule has 0 unspecified atom stereocenters. The maximum Gasteiger partial charge on any atom is 0.276 e. The van der Waals surface area contributed by atoms with Crippen molar-refractivity contribution in [3.05, 3.63) is 35.1 Å². The van der Waals surface area contributed by atoms with E-state index < -0.39 is 0 Å². The Balaban J connectivity index is 2.12. The highest BCUT2D eigenvalue weighted by molar-refractivity contribution is 7.13. The number of pyridine rings is 1. The van der Waals surface area contributed by atoms with Crippen LogP contribution in [0.3, 0.4) is 0 Å². The van der Waals surface area contributed by atoms with Crippen LogP contribution in [0.4, 0.5) is 5.13 Å². The second kappa shape index (κ2) is 4.46. The van der Waals surface area contributed by atoms with Crippen molar-refractivity contribution >= 4 is 22.4 Å². The minimum Gasteiger partial charge on any atom is -0.295 e. The van der Waals surface area contributed by atoms with Gasteiger partial charge < -0.3 is 0 Å². The molecule has 78 valence electrons. The molecule has 0 saturated carbocycles. The number of amides is 1. The SMILES string of the molecule is N#Cc1ccc(C(=O)Nc2nncs2)nc1. The standard InChI is InChI=1S/C9H5N5OS/c10-3-6-1-2-7(11-4-6)8(15)13-9-14-12-5-16-9/h1-2,4-5H,(H,13,14,15). The first kappa shape index (κ1) is 10.2. The van der Waals surface area contributed by atoms with Crippen LogP contribution < -0.4 is 5.32 Å². The fourth-order valence-electron chi connectivity index (χ4n) is 0.983. The fraction of sp³-hybridized carbons (Fsp3) is 0. The lowest BCUT2D eigenvalue weighted by Gasteiger charge is -1.99. The number of rotatable bonds is 2. The second-order valence-corrected chi connectivity index (χ2v) is 3.58. The Kier molecular flexibility index (Phi) is 2.84. The summed E-state index contributed by atoms with van der Waals surface area (Å²) in [5.74, 6) is -0.374. The Hall–Kier alpha value is -2.33. The zero-order valence-corrected chi connectivity index (χ0v) is 8.73. The van der Waals surface area contributed by atoms with E-state index in [-0.39, 0.29) is 11.6 Å². The zero-order valence-electron chi connectivity index (χ0n) is 7.91. The molecular weight excluding hydrogens is 226 g/mol. The molecule has 0 aliphatic carbocycles. The maximum absolute atomic E-state index is 11.6. The van der Waals surface area contributed by atoms with Crippen LogP contribution in [0.25, 0.3) is 0 Å². The molecule has 16 heavy (non-hydrogen) atoms. The van der Waals surface area contributed by atoms with Crippen molar-refractivity contribution < 1.29 is 4.79 Å². The van der Waals surface area contributed by atoms with Crippen molar-refractivity contribution in [2.24, 2.45) is 0 Å². The lowest BCUT2D eigenvalue weighted by Crippen LogP contribution is -2.13. The molecule has 0 radical (unpaired) electrons. The van der Waals surface area contributed by atoms with E-state index in [0.717, 1.165) is 0 Å². The second-order valence-electron chi connectivity index (χ2n) is 2.74. The van der Waals surface area contributed by atoms with E-state index in [1.54, 1.807) is 0 Å². The van der Waals surface area contributed by atoms with E-state index in [2.05, 4.69) is 20.5 Å². The first-order valence-corrected chi connectivity index (χ1v) is 5.11. The van der Waals surface area contributed by atoms with E-state index in [0.29, 0.717) is 10.7 Å². The van der Waals surface area contributed by atoms with Crippen molar-refractivity contribution in [2.75, 3.05) is 5.32 Å². The van der Waals surface area contributed by atoms with Gasteiger partial charge in [-0.3, -0.25) is 10.1 Å². The van der Waals surface area contributed by atoms with Gasteiger partial charge in [-0.05, 0) is 12.1 Å². The van der Waals surface area contributed by atoms with E-state index in [1.807, 2.05) is 6.07 Å².